The standard InChI is InChI=1S/C20H38O4/c1-2-3-4-5-6-8-12-17-14-11-15-18(17)13-9-7-10-16-20(23,24)19(21)22/h17-18,23-24H,2-16H2,1H3,(H,21,22)/t17-,18-/m0/s1. The van der Waals surface area contributed by atoms with Crippen LogP contribution in [0.25, 0.3) is 0 Å². The van der Waals surface area contributed by atoms with Gasteiger partial charge in [-0.2, -0.15) is 0 Å². The molecule has 1 fully saturated rings. The zero-order valence-corrected chi connectivity index (χ0v) is 15.5. The molecule has 0 radical (unpaired) electrons. The van der Waals surface area contributed by atoms with Crippen molar-refractivity contribution < 1.29 is 20.1 Å². The second-order valence-electron chi connectivity index (χ2n) is 7.73. The largest absolute Gasteiger partial charge is 0.477 e. The molecule has 2 atom stereocenters. The molecule has 0 aromatic rings. The van der Waals surface area contributed by atoms with Crippen LogP contribution in [0.1, 0.15) is 103 Å². The fourth-order valence-electron chi connectivity index (χ4n) is 4.12. The molecule has 1 rings (SSSR count). The minimum absolute atomic E-state index is 0.0752. The zero-order valence-electron chi connectivity index (χ0n) is 15.5. The number of aliphatic carboxylic acids is 1. The lowest BCUT2D eigenvalue weighted by atomic mass is 9.86. The van der Waals surface area contributed by atoms with E-state index in [0.717, 1.165) is 24.7 Å². The summed E-state index contributed by atoms with van der Waals surface area (Å²) < 4.78 is 0. The van der Waals surface area contributed by atoms with Crippen LogP contribution in [0.2, 0.25) is 0 Å². The molecule has 142 valence electrons. The van der Waals surface area contributed by atoms with E-state index in [2.05, 4.69) is 6.92 Å². The van der Waals surface area contributed by atoms with Gasteiger partial charge in [-0.3, -0.25) is 0 Å². The van der Waals surface area contributed by atoms with Crippen molar-refractivity contribution in [3.8, 4) is 0 Å². The number of hydrogen-bond donors (Lipinski definition) is 3. The zero-order chi connectivity index (χ0) is 17.8. The van der Waals surface area contributed by atoms with Crippen LogP contribution in [0.3, 0.4) is 0 Å². The van der Waals surface area contributed by atoms with Crippen LogP contribution in [0.15, 0.2) is 0 Å². The minimum Gasteiger partial charge on any atom is -0.477 e. The van der Waals surface area contributed by atoms with Crippen molar-refractivity contribution in [2.75, 3.05) is 0 Å². The first kappa shape index (κ1) is 21.4. The van der Waals surface area contributed by atoms with Crippen molar-refractivity contribution in [3.63, 3.8) is 0 Å². The molecule has 4 heteroatoms. The third kappa shape index (κ3) is 8.48. The topological polar surface area (TPSA) is 77.8 Å². The maximum absolute atomic E-state index is 10.6. The number of carbonyl (C=O) groups is 1. The van der Waals surface area contributed by atoms with Gasteiger partial charge in [-0.15, -0.1) is 0 Å². The molecule has 0 heterocycles. The molecule has 1 aliphatic carbocycles. The Kier molecular flexibility index (Phi) is 10.6. The number of hydrogen-bond acceptors (Lipinski definition) is 3. The fourth-order valence-corrected chi connectivity index (χ4v) is 4.12. The van der Waals surface area contributed by atoms with Gasteiger partial charge in [0.15, 0.2) is 0 Å². The second kappa shape index (κ2) is 11.9. The Balaban J connectivity index is 2.08. The maximum Gasteiger partial charge on any atom is 0.364 e. The molecule has 1 saturated carbocycles. The first-order valence-electron chi connectivity index (χ1n) is 10.2. The van der Waals surface area contributed by atoms with E-state index < -0.39 is 11.8 Å². The molecule has 4 nitrogen and oxygen atoms in total. The van der Waals surface area contributed by atoms with E-state index in [0.29, 0.717) is 6.42 Å². The molecule has 0 aromatic heterocycles. The summed E-state index contributed by atoms with van der Waals surface area (Å²) in [5.74, 6) is -2.36. The summed E-state index contributed by atoms with van der Waals surface area (Å²) in [5, 5.41) is 27.2. The Morgan fingerprint density at radius 1 is 0.875 bits per heavy atom. The van der Waals surface area contributed by atoms with Crippen molar-refractivity contribution in [3.05, 3.63) is 0 Å². The summed E-state index contributed by atoms with van der Waals surface area (Å²) in [6.07, 6.45) is 17.4. The SMILES string of the molecule is CCCCCCCC[C@H]1CCC[C@@H]1CCCCCC(O)(O)C(=O)O. The monoisotopic (exact) mass is 342 g/mol. The summed E-state index contributed by atoms with van der Waals surface area (Å²) in [6.45, 7) is 2.26. The van der Waals surface area contributed by atoms with Crippen molar-refractivity contribution >= 4 is 5.97 Å². The summed E-state index contributed by atoms with van der Waals surface area (Å²) >= 11 is 0. The van der Waals surface area contributed by atoms with Crippen LogP contribution in [-0.4, -0.2) is 27.1 Å². The van der Waals surface area contributed by atoms with Gasteiger partial charge in [0.05, 0.1) is 0 Å². The van der Waals surface area contributed by atoms with E-state index >= 15 is 0 Å². The molecule has 1 aliphatic rings. The number of aliphatic hydroxyl groups is 2. The number of carboxylic acid groups (broad SMARTS) is 1. The summed E-state index contributed by atoms with van der Waals surface area (Å²) in [7, 11) is 0. The van der Waals surface area contributed by atoms with E-state index in [1.165, 1.54) is 70.6 Å². The van der Waals surface area contributed by atoms with E-state index in [1.807, 2.05) is 0 Å². The third-order valence-electron chi connectivity index (χ3n) is 5.69. The van der Waals surface area contributed by atoms with Gasteiger partial charge in [-0.25, -0.2) is 4.79 Å². The highest BCUT2D eigenvalue weighted by Gasteiger charge is 2.32. The molecule has 0 aliphatic heterocycles. The van der Waals surface area contributed by atoms with Crippen LogP contribution in [0.4, 0.5) is 0 Å². The highest BCUT2D eigenvalue weighted by molar-refractivity contribution is 5.74. The average Bonchev–Trinajstić information content (AvgIpc) is 2.97. The molecular weight excluding hydrogens is 304 g/mol. The summed E-state index contributed by atoms with van der Waals surface area (Å²) in [4.78, 5) is 10.6. The van der Waals surface area contributed by atoms with Crippen molar-refractivity contribution in [1.29, 1.82) is 0 Å². The molecule has 0 unspecified atom stereocenters. The van der Waals surface area contributed by atoms with Crippen LogP contribution < -0.4 is 0 Å². The normalized spacial score (nSPS) is 21.3. The van der Waals surface area contributed by atoms with Gasteiger partial charge in [0.25, 0.3) is 5.79 Å². The number of rotatable bonds is 14. The first-order valence-corrected chi connectivity index (χ1v) is 10.2. The molecule has 0 bridgehead atoms. The van der Waals surface area contributed by atoms with Crippen LogP contribution in [0.5, 0.6) is 0 Å². The van der Waals surface area contributed by atoms with Gasteiger partial charge in [0.2, 0.25) is 0 Å². The van der Waals surface area contributed by atoms with E-state index in [-0.39, 0.29) is 6.42 Å². The van der Waals surface area contributed by atoms with E-state index in [9.17, 15) is 15.0 Å². The third-order valence-corrected chi connectivity index (χ3v) is 5.69. The molecule has 0 amide bonds. The molecule has 3 N–H and O–H groups in total. The van der Waals surface area contributed by atoms with Crippen molar-refractivity contribution in [2.24, 2.45) is 11.8 Å². The maximum atomic E-state index is 10.6. The van der Waals surface area contributed by atoms with Crippen LogP contribution in [-0.2, 0) is 4.79 Å². The van der Waals surface area contributed by atoms with Crippen molar-refractivity contribution in [2.45, 2.75) is 109 Å². The Labute approximate surface area is 147 Å². The lowest BCUT2D eigenvalue weighted by Crippen LogP contribution is -2.37. The lowest BCUT2D eigenvalue weighted by molar-refractivity contribution is -0.205. The molecule has 24 heavy (non-hydrogen) atoms. The lowest BCUT2D eigenvalue weighted by Gasteiger charge is -2.20. The van der Waals surface area contributed by atoms with Gasteiger partial charge in [0, 0.05) is 6.42 Å². The van der Waals surface area contributed by atoms with Crippen molar-refractivity contribution in [1.82, 2.24) is 0 Å². The molecule has 0 spiro atoms. The van der Waals surface area contributed by atoms with Gasteiger partial charge >= 0.3 is 5.97 Å². The predicted octanol–water partition coefficient (Wildman–Crippen LogP) is 4.87. The van der Waals surface area contributed by atoms with E-state index in [1.54, 1.807) is 0 Å². The van der Waals surface area contributed by atoms with Gasteiger partial charge in [-0.05, 0) is 18.3 Å². The molecule has 0 saturated heterocycles. The number of unbranched alkanes of at least 4 members (excludes halogenated alkanes) is 7. The molecular formula is C20H38O4. The van der Waals surface area contributed by atoms with Gasteiger partial charge < -0.3 is 15.3 Å². The van der Waals surface area contributed by atoms with E-state index in [4.69, 9.17) is 5.11 Å². The number of carboxylic acids is 1. The van der Waals surface area contributed by atoms with Gasteiger partial charge in [-0.1, -0.05) is 90.4 Å². The highest BCUT2D eigenvalue weighted by atomic mass is 16.5. The minimum atomic E-state index is -2.55. The quantitative estimate of drug-likeness (QED) is 0.311. The first-order chi connectivity index (χ1) is 11.5. The Morgan fingerprint density at radius 3 is 1.92 bits per heavy atom. The average molecular weight is 343 g/mol. The van der Waals surface area contributed by atoms with Crippen LogP contribution in [0, 0.1) is 11.8 Å². The predicted molar refractivity (Wildman–Crippen MR) is 96.7 cm³/mol. The smallest absolute Gasteiger partial charge is 0.364 e. The summed E-state index contributed by atoms with van der Waals surface area (Å²) in [6, 6.07) is 0. The highest BCUT2D eigenvalue weighted by Crippen LogP contribution is 2.38. The molecule has 0 aromatic carbocycles. The van der Waals surface area contributed by atoms with Crippen LogP contribution >= 0.6 is 0 Å². The van der Waals surface area contributed by atoms with Gasteiger partial charge in [0.1, 0.15) is 0 Å². The Bertz CT molecular complexity index is 341. The summed E-state index contributed by atoms with van der Waals surface area (Å²) in [5.41, 5.74) is 0. The Morgan fingerprint density at radius 2 is 1.38 bits per heavy atom. The second-order valence-corrected chi connectivity index (χ2v) is 7.73. The fraction of sp³-hybridized carbons (Fsp3) is 0.950. The Hall–Kier alpha value is -0.610.